The Hall–Kier alpha value is -1.13. The zero-order chi connectivity index (χ0) is 13.8. The average molecular weight is 266 g/mol. The van der Waals surface area contributed by atoms with E-state index in [2.05, 4.69) is 11.8 Å². The Morgan fingerprint density at radius 3 is 2.74 bits per heavy atom. The van der Waals surface area contributed by atoms with Crippen LogP contribution in [0.5, 0.6) is 0 Å². The van der Waals surface area contributed by atoms with Crippen LogP contribution in [-0.4, -0.2) is 29.6 Å². The molecule has 1 heterocycles. The van der Waals surface area contributed by atoms with E-state index >= 15 is 0 Å². The van der Waals surface area contributed by atoms with Crippen molar-refractivity contribution in [3.63, 3.8) is 0 Å². The lowest BCUT2D eigenvalue weighted by molar-refractivity contribution is 0.125. The number of piperidine rings is 1. The number of nitrogen functional groups attached to an aromatic ring is 1. The van der Waals surface area contributed by atoms with Gasteiger partial charge >= 0.3 is 0 Å². The topological polar surface area (TPSA) is 49.5 Å². The molecule has 1 atom stereocenters. The van der Waals surface area contributed by atoms with Gasteiger partial charge in [0.15, 0.2) is 0 Å². The maximum atomic E-state index is 13.1. The van der Waals surface area contributed by atoms with Crippen molar-refractivity contribution >= 4 is 5.69 Å². The highest BCUT2D eigenvalue weighted by Gasteiger charge is 2.17. The standard InChI is InChI=1S/C15H23FN2O/c1-11-4-7-18(8-5-11)9-6-15(19)12-2-3-13(16)14(17)10-12/h2-3,10-11,15,19H,4-9,17H2,1H3. The van der Waals surface area contributed by atoms with Crippen LogP contribution in [0.15, 0.2) is 18.2 Å². The molecule has 3 nitrogen and oxygen atoms in total. The lowest BCUT2D eigenvalue weighted by Gasteiger charge is -2.30. The Kier molecular flexibility index (Phi) is 4.77. The third kappa shape index (κ3) is 3.91. The van der Waals surface area contributed by atoms with E-state index in [1.54, 1.807) is 6.07 Å². The summed E-state index contributed by atoms with van der Waals surface area (Å²) in [5.74, 6) is 0.388. The van der Waals surface area contributed by atoms with Crippen LogP contribution in [0, 0.1) is 11.7 Å². The van der Waals surface area contributed by atoms with E-state index in [9.17, 15) is 9.50 Å². The minimum absolute atomic E-state index is 0.100. The van der Waals surface area contributed by atoms with E-state index in [0.29, 0.717) is 12.0 Å². The van der Waals surface area contributed by atoms with Gasteiger partial charge in [-0.15, -0.1) is 0 Å². The molecule has 1 aromatic rings. The first-order valence-electron chi connectivity index (χ1n) is 7.01. The van der Waals surface area contributed by atoms with Crippen LogP contribution < -0.4 is 5.73 Å². The molecule has 3 N–H and O–H groups in total. The summed E-state index contributed by atoms with van der Waals surface area (Å²) in [6.07, 6.45) is 2.57. The highest BCUT2D eigenvalue weighted by atomic mass is 19.1. The van der Waals surface area contributed by atoms with E-state index in [0.717, 1.165) is 25.6 Å². The van der Waals surface area contributed by atoms with Gasteiger partial charge in [0.1, 0.15) is 5.82 Å². The van der Waals surface area contributed by atoms with Crippen molar-refractivity contribution in [2.75, 3.05) is 25.4 Å². The summed E-state index contributed by atoms with van der Waals surface area (Å²) in [4.78, 5) is 2.39. The van der Waals surface area contributed by atoms with Crippen molar-refractivity contribution in [1.82, 2.24) is 4.90 Å². The molecule has 0 spiro atoms. The van der Waals surface area contributed by atoms with Crippen molar-refractivity contribution < 1.29 is 9.50 Å². The van der Waals surface area contributed by atoms with Crippen LogP contribution in [0.2, 0.25) is 0 Å². The summed E-state index contributed by atoms with van der Waals surface area (Å²) in [6.45, 7) is 5.39. The van der Waals surface area contributed by atoms with Gasteiger partial charge in [-0.2, -0.15) is 0 Å². The smallest absolute Gasteiger partial charge is 0.146 e. The summed E-state index contributed by atoms with van der Waals surface area (Å²) in [7, 11) is 0. The molecule has 0 saturated carbocycles. The Labute approximate surface area is 114 Å². The fourth-order valence-corrected chi connectivity index (χ4v) is 2.53. The normalized spacial score (nSPS) is 19.5. The Bertz CT molecular complexity index is 417. The maximum absolute atomic E-state index is 13.1. The largest absolute Gasteiger partial charge is 0.396 e. The van der Waals surface area contributed by atoms with E-state index in [-0.39, 0.29) is 5.69 Å². The number of likely N-dealkylation sites (tertiary alicyclic amines) is 1. The van der Waals surface area contributed by atoms with Gasteiger partial charge < -0.3 is 15.7 Å². The van der Waals surface area contributed by atoms with Gasteiger partial charge in [-0.05, 0) is 56.0 Å². The van der Waals surface area contributed by atoms with Crippen LogP contribution in [0.3, 0.4) is 0 Å². The quantitative estimate of drug-likeness (QED) is 0.823. The van der Waals surface area contributed by atoms with Gasteiger partial charge in [0.25, 0.3) is 0 Å². The zero-order valence-electron chi connectivity index (χ0n) is 11.5. The van der Waals surface area contributed by atoms with Gasteiger partial charge in [0.2, 0.25) is 0 Å². The molecule has 1 unspecified atom stereocenters. The van der Waals surface area contributed by atoms with Crippen LogP contribution >= 0.6 is 0 Å². The molecule has 106 valence electrons. The fraction of sp³-hybridized carbons (Fsp3) is 0.600. The van der Waals surface area contributed by atoms with Crippen molar-refractivity contribution in [2.45, 2.75) is 32.3 Å². The third-order valence-electron chi connectivity index (χ3n) is 4.00. The molecule has 2 rings (SSSR count). The van der Waals surface area contributed by atoms with Crippen molar-refractivity contribution in [3.8, 4) is 0 Å². The van der Waals surface area contributed by atoms with Crippen LogP contribution in [-0.2, 0) is 0 Å². The Balaban J connectivity index is 1.83. The number of anilines is 1. The Morgan fingerprint density at radius 1 is 1.42 bits per heavy atom. The van der Waals surface area contributed by atoms with Crippen LogP contribution in [0.25, 0.3) is 0 Å². The summed E-state index contributed by atoms with van der Waals surface area (Å²) in [5.41, 5.74) is 6.31. The highest BCUT2D eigenvalue weighted by Crippen LogP contribution is 2.22. The molecule has 1 fully saturated rings. The first-order valence-corrected chi connectivity index (χ1v) is 7.01. The molecular weight excluding hydrogens is 243 g/mol. The number of rotatable bonds is 4. The molecule has 0 aromatic heterocycles. The second kappa shape index (κ2) is 6.35. The highest BCUT2D eigenvalue weighted by molar-refractivity contribution is 5.43. The molecule has 19 heavy (non-hydrogen) atoms. The van der Waals surface area contributed by atoms with Gasteiger partial charge in [-0.3, -0.25) is 0 Å². The second-order valence-electron chi connectivity index (χ2n) is 5.61. The fourth-order valence-electron chi connectivity index (χ4n) is 2.53. The number of hydrogen-bond donors (Lipinski definition) is 2. The molecule has 0 amide bonds. The SMILES string of the molecule is CC1CCN(CCC(O)c2ccc(F)c(N)c2)CC1. The molecular formula is C15H23FN2O. The predicted molar refractivity (Wildman–Crippen MR) is 75.2 cm³/mol. The maximum Gasteiger partial charge on any atom is 0.146 e. The summed E-state index contributed by atoms with van der Waals surface area (Å²) in [5, 5.41) is 10.1. The first kappa shape index (κ1) is 14.3. The average Bonchev–Trinajstić information content (AvgIpc) is 2.41. The second-order valence-corrected chi connectivity index (χ2v) is 5.61. The number of aliphatic hydroxyl groups is 1. The summed E-state index contributed by atoms with van der Waals surface area (Å²) in [6, 6.07) is 4.45. The lowest BCUT2D eigenvalue weighted by atomic mass is 9.98. The number of benzene rings is 1. The van der Waals surface area contributed by atoms with Crippen molar-refractivity contribution in [2.24, 2.45) is 5.92 Å². The molecule has 0 bridgehead atoms. The third-order valence-corrected chi connectivity index (χ3v) is 4.00. The molecule has 1 saturated heterocycles. The zero-order valence-corrected chi connectivity index (χ0v) is 11.5. The number of nitrogens with zero attached hydrogens (tertiary/aromatic N) is 1. The first-order chi connectivity index (χ1) is 9.06. The Morgan fingerprint density at radius 2 is 2.11 bits per heavy atom. The summed E-state index contributed by atoms with van der Waals surface area (Å²) >= 11 is 0. The van der Waals surface area contributed by atoms with Crippen LogP contribution in [0.1, 0.15) is 37.9 Å². The minimum Gasteiger partial charge on any atom is -0.396 e. The summed E-state index contributed by atoms with van der Waals surface area (Å²) < 4.78 is 13.1. The van der Waals surface area contributed by atoms with Crippen LogP contribution in [0.4, 0.5) is 10.1 Å². The minimum atomic E-state index is -0.567. The molecule has 1 aliphatic rings. The molecule has 1 aliphatic heterocycles. The van der Waals surface area contributed by atoms with Gasteiger partial charge in [0, 0.05) is 6.54 Å². The molecule has 0 radical (unpaired) electrons. The van der Waals surface area contributed by atoms with Gasteiger partial charge in [-0.1, -0.05) is 13.0 Å². The molecule has 4 heteroatoms. The number of aliphatic hydroxyl groups excluding tert-OH is 1. The monoisotopic (exact) mass is 266 g/mol. The number of halogens is 1. The molecule has 0 aliphatic carbocycles. The van der Waals surface area contributed by atoms with Crippen molar-refractivity contribution in [1.29, 1.82) is 0 Å². The number of nitrogens with two attached hydrogens (primary N) is 1. The predicted octanol–water partition coefficient (Wildman–Crippen LogP) is 2.56. The molecule has 1 aromatic carbocycles. The van der Waals surface area contributed by atoms with Gasteiger partial charge in [-0.25, -0.2) is 4.39 Å². The van der Waals surface area contributed by atoms with E-state index in [1.807, 2.05) is 0 Å². The van der Waals surface area contributed by atoms with E-state index in [4.69, 9.17) is 5.73 Å². The van der Waals surface area contributed by atoms with E-state index < -0.39 is 11.9 Å². The van der Waals surface area contributed by atoms with Gasteiger partial charge in [0.05, 0.1) is 11.8 Å². The van der Waals surface area contributed by atoms with E-state index in [1.165, 1.54) is 25.0 Å². The van der Waals surface area contributed by atoms with Crippen molar-refractivity contribution in [3.05, 3.63) is 29.6 Å². The lowest BCUT2D eigenvalue weighted by Crippen LogP contribution is -2.34. The number of hydrogen-bond acceptors (Lipinski definition) is 3.